The van der Waals surface area contributed by atoms with Crippen LogP contribution in [0.4, 0.5) is 34.1 Å². The molecule has 0 amide bonds. The van der Waals surface area contributed by atoms with Gasteiger partial charge in [0.05, 0.1) is 0 Å². The molecule has 0 N–H and O–H groups in total. The molecule has 0 aliphatic carbocycles. The smallest absolute Gasteiger partial charge is 0.179 e. The molecule has 9 aromatic carbocycles. The lowest BCUT2D eigenvalue weighted by molar-refractivity contribution is 0.669. The van der Waals surface area contributed by atoms with Gasteiger partial charge in [0, 0.05) is 44.9 Å². The summed E-state index contributed by atoms with van der Waals surface area (Å²) in [5.74, 6) is 0. The molecule has 3 nitrogen and oxygen atoms in total. The number of nitrogens with zero attached hydrogens (tertiary/aromatic N) is 2. The molecule has 276 valence electrons. The highest BCUT2D eigenvalue weighted by atomic mass is 28.3. The van der Waals surface area contributed by atoms with Crippen molar-refractivity contribution in [3.8, 4) is 0 Å². The molecule has 58 heavy (non-hydrogen) atoms. The standard InChI is InChI=1S/C54H40N2OSi/c1-6-19-41(20-7-1)55(42-21-8-2-9-22-42)44-33-36-49(37-34-44)58(47-26-12-4-13-27-47,48-28-14-5-15-29-48)50-30-18-25-45(39-50)56(43-23-10-3-11-24-43)46-35-38-54-52(40-46)51-31-16-17-32-53(51)57-54/h1-40H. The van der Waals surface area contributed by atoms with Gasteiger partial charge in [-0.2, -0.15) is 0 Å². The van der Waals surface area contributed by atoms with Gasteiger partial charge in [0.2, 0.25) is 0 Å². The number of anilines is 6. The largest absolute Gasteiger partial charge is 0.456 e. The molecule has 0 aliphatic heterocycles. The van der Waals surface area contributed by atoms with Gasteiger partial charge in [0.15, 0.2) is 8.07 Å². The average Bonchev–Trinajstić information content (AvgIpc) is 3.68. The quantitative estimate of drug-likeness (QED) is 0.102. The van der Waals surface area contributed by atoms with Crippen molar-refractivity contribution in [2.75, 3.05) is 9.80 Å². The Morgan fingerprint density at radius 1 is 0.259 bits per heavy atom. The van der Waals surface area contributed by atoms with Crippen molar-refractivity contribution in [3.05, 3.63) is 243 Å². The fraction of sp³-hybridized carbons (Fsp3) is 0. The van der Waals surface area contributed by atoms with Gasteiger partial charge in [-0.15, -0.1) is 0 Å². The molecule has 0 aliphatic rings. The predicted molar refractivity (Wildman–Crippen MR) is 247 cm³/mol. The Morgan fingerprint density at radius 3 is 1.21 bits per heavy atom. The first kappa shape index (κ1) is 35.0. The topological polar surface area (TPSA) is 19.6 Å². The Morgan fingerprint density at radius 2 is 0.638 bits per heavy atom. The molecule has 0 saturated carbocycles. The molecule has 0 radical (unpaired) electrons. The number of fused-ring (bicyclic) bond motifs is 3. The van der Waals surface area contributed by atoms with E-state index in [2.05, 4.69) is 240 Å². The third kappa shape index (κ3) is 6.26. The monoisotopic (exact) mass is 760 g/mol. The molecule has 0 atom stereocenters. The van der Waals surface area contributed by atoms with E-state index in [1.54, 1.807) is 0 Å². The van der Waals surface area contributed by atoms with Gasteiger partial charge in [-0.05, 0) is 106 Å². The molecule has 1 aromatic heterocycles. The number of furan rings is 1. The van der Waals surface area contributed by atoms with Crippen LogP contribution in [0.3, 0.4) is 0 Å². The van der Waals surface area contributed by atoms with Crippen LogP contribution in [0.25, 0.3) is 21.9 Å². The number of hydrogen-bond acceptors (Lipinski definition) is 3. The summed E-state index contributed by atoms with van der Waals surface area (Å²) >= 11 is 0. The summed E-state index contributed by atoms with van der Waals surface area (Å²) in [5.41, 5.74) is 8.37. The maximum atomic E-state index is 6.27. The lowest BCUT2D eigenvalue weighted by Gasteiger charge is -2.36. The number of hydrogen-bond donors (Lipinski definition) is 0. The van der Waals surface area contributed by atoms with Crippen LogP contribution >= 0.6 is 0 Å². The summed E-state index contributed by atoms with van der Waals surface area (Å²) < 4.78 is 6.27. The maximum absolute atomic E-state index is 6.27. The van der Waals surface area contributed by atoms with Crippen molar-refractivity contribution in [1.82, 2.24) is 0 Å². The summed E-state index contributed by atoms with van der Waals surface area (Å²) in [6.07, 6.45) is 0. The molecule has 4 heteroatoms. The minimum atomic E-state index is -2.92. The second-order valence-electron chi connectivity index (χ2n) is 14.5. The first-order valence-electron chi connectivity index (χ1n) is 19.8. The molecule has 10 rings (SSSR count). The number of benzene rings is 9. The van der Waals surface area contributed by atoms with E-state index in [4.69, 9.17) is 4.42 Å². The number of rotatable bonds is 10. The van der Waals surface area contributed by atoms with Crippen molar-refractivity contribution >= 4 is 84.9 Å². The zero-order valence-corrected chi connectivity index (χ0v) is 32.9. The lowest BCUT2D eigenvalue weighted by atomic mass is 10.1. The molecular weight excluding hydrogens is 721 g/mol. The average molecular weight is 761 g/mol. The van der Waals surface area contributed by atoms with E-state index in [0.29, 0.717) is 0 Å². The van der Waals surface area contributed by atoms with E-state index in [1.165, 1.54) is 20.7 Å². The Hall–Kier alpha value is -7.40. The van der Waals surface area contributed by atoms with Crippen LogP contribution < -0.4 is 30.5 Å². The lowest BCUT2D eigenvalue weighted by Crippen LogP contribution is -2.74. The van der Waals surface area contributed by atoms with Gasteiger partial charge in [-0.3, -0.25) is 0 Å². The van der Waals surface area contributed by atoms with Crippen molar-refractivity contribution < 1.29 is 4.42 Å². The van der Waals surface area contributed by atoms with Crippen LogP contribution in [0.15, 0.2) is 247 Å². The van der Waals surface area contributed by atoms with Crippen LogP contribution in [0.1, 0.15) is 0 Å². The molecule has 10 aromatic rings. The molecule has 0 spiro atoms. The minimum Gasteiger partial charge on any atom is -0.456 e. The van der Waals surface area contributed by atoms with Crippen molar-refractivity contribution in [2.45, 2.75) is 0 Å². The van der Waals surface area contributed by atoms with Gasteiger partial charge < -0.3 is 14.2 Å². The molecule has 0 fully saturated rings. The summed E-state index contributed by atoms with van der Waals surface area (Å²) in [5, 5.41) is 7.47. The van der Waals surface area contributed by atoms with Crippen molar-refractivity contribution in [3.63, 3.8) is 0 Å². The normalized spacial score (nSPS) is 11.4. The zero-order chi connectivity index (χ0) is 38.7. The number of para-hydroxylation sites is 4. The van der Waals surface area contributed by atoms with Gasteiger partial charge in [0.25, 0.3) is 0 Å². The third-order valence-electron chi connectivity index (χ3n) is 11.2. The Balaban J connectivity index is 1.18. The highest BCUT2D eigenvalue weighted by Crippen LogP contribution is 2.39. The maximum Gasteiger partial charge on any atom is 0.179 e. The van der Waals surface area contributed by atoms with E-state index in [9.17, 15) is 0 Å². The van der Waals surface area contributed by atoms with Crippen LogP contribution in [0.5, 0.6) is 0 Å². The summed E-state index contributed by atoms with van der Waals surface area (Å²) in [6, 6.07) is 87.6. The van der Waals surface area contributed by atoms with E-state index in [-0.39, 0.29) is 0 Å². The third-order valence-corrected chi connectivity index (χ3v) is 15.9. The van der Waals surface area contributed by atoms with Crippen LogP contribution in [0, 0.1) is 0 Å². The van der Waals surface area contributed by atoms with Crippen molar-refractivity contribution in [2.24, 2.45) is 0 Å². The second kappa shape index (κ2) is 15.3. The first-order chi connectivity index (χ1) is 28.8. The molecular formula is C54H40N2OSi. The fourth-order valence-electron chi connectivity index (χ4n) is 8.59. The molecule has 0 unspecified atom stereocenters. The van der Waals surface area contributed by atoms with Gasteiger partial charge in [-0.1, -0.05) is 158 Å². The van der Waals surface area contributed by atoms with E-state index >= 15 is 0 Å². The van der Waals surface area contributed by atoms with E-state index in [0.717, 1.165) is 56.1 Å². The van der Waals surface area contributed by atoms with E-state index < -0.39 is 8.07 Å². The molecule has 0 bridgehead atoms. The van der Waals surface area contributed by atoms with E-state index in [1.807, 2.05) is 12.1 Å². The first-order valence-corrected chi connectivity index (χ1v) is 21.8. The Labute approximate surface area is 340 Å². The Bertz CT molecular complexity index is 2860. The van der Waals surface area contributed by atoms with Crippen LogP contribution in [-0.4, -0.2) is 8.07 Å². The Kier molecular flexibility index (Phi) is 9.22. The van der Waals surface area contributed by atoms with Gasteiger partial charge in [0.1, 0.15) is 11.2 Å². The second-order valence-corrected chi connectivity index (χ2v) is 18.3. The SMILES string of the molecule is c1ccc(N(c2ccccc2)c2ccc([Si](c3ccccc3)(c3ccccc3)c3cccc(N(c4ccccc4)c4ccc5oc6ccccc6c5c4)c3)cc2)cc1. The van der Waals surface area contributed by atoms with Crippen LogP contribution in [-0.2, 0) is 0 Å². The van der Waals surface area contributed by atoms with Crippen molar-refractivity contribution in [1.29, 1.82) is 0 Å². The minimum absolute atomic E-state index is 0.882. The van der Waals surface area contributed by atoms with Gasteiger partial charge in [-0.25, -0.2) is 0 Å². The molecule has 0 saturated heterocycles. The zero-order valence-electron chi connectivity index (χ0n) is 31.9. The summed E-state index contributed by atoms with van der Waals surface area (Å²) in [7, 11) is -2.92. The molecule has 1 heterocycles. The fourth-order valence-corrected chi connectivity index (χ4v) is 13.4. The summed E-state index contributed by atoms with van der Waals surface area (Å²) in [6.45, 7) is 0. The predicted octanol–water partition coefficient (Wildman–Crippen LogP) is 11.9. The summed E-state index contributed by atoms with van der Waals surface area (Å²) in [4.78, 5) is 4.71. The highest BCUT2D eigenvalue weighted by molar-refractivity contribution is 7.19. The van der Waals surface area contributed by atoms with Gasteiger partial charge >= 0.3 is 0 Å². The highest BCUT2D eigenvalue weighted by Gasteiger charge is 2.42. The van der Waals surface area contributed by atoms with Crippen LogP contribution in [0.2, 0.25) is 0 Å².